The van der Waals surface area contributed by atoms with Crippen LogP contribution in [0.15, 0.2) is 66.7 Å². The van der Waals surface area contributed by atoms with Crippen LogP contribution in [-0.4, -0.2) is 55.3 Å². The molecule has 3 aromatic rings. The fourth-order valence-electron chi connectivity index (χ4n) is 5.10. The molecule has 0 aromatic heterocycles. The second-order valence-electron chi connectivity index (χ2n) is 10.6. The van der Waals surface area contributed by atoms with Gasteiger partial charge in [-0.05, 0) is 61.2 Å². The number of hydrogen-bond acceptors (Lipinski definition) is 6. The first-order valence-corrected chi connectivity index (χ1v) is 12.7. The average Bonchev–Trinajstić information content (AvgIpc) is 3.20. The maximum absolute atomic E-state index is 13.0. The first-order chi connectivity index (χ1) is 17.7. The molecule has 1 aliphatic carbocycles. The zero-order chi connectivity index (χ0) is 26.2. The van der Waals surface area contributed by atoms with E-state index < -0.39 is 11.6 Å². The maximum Gasteiger partial charge on any atom is 0.409 e. The standard InChI is InChI=1S/C30H33N3O4/c1-30(2,3)37-28(34)20-16-21(31)18-22(17-20)32-12-14-33(15-13-32)29(35)36-19-27-25-10-6-4-8-23(25)24-9-5-7-11-26(24)27/h4-11,16-18,27H,12-15,19,31H2,1-3H3. The fraction of sp³-hybridized carbons (Fsp3) is 0.333. The van der Waals surface area contributed by atoms with E-state index >= 15 is 0 Å². The van der Waals surface area contributed by atoms with Crippen LogP contribution in [0.4, 0.5) is 16.2 Å². The van der Waals surface area contributed by atoms with Crippen molar-refractivity contribution in [3.05, 3.63) is 83.4 Å². The number of nitrogens with two attached hydrogens (primary N) is 1. The summed E-state index contributed by atoms with van der Waals surface area (Å²) < 4.78 is 11.3. The summed E-state index contributed by atoms with van der Waals surface area (Å²) in [5, 5.41) is 0. The molecule has 0 unspecified atom stereocenters. The number of carbonyl (C=O) groups excluding carboxylic acids is 2. The molecule has 37 heavy (non-hydrogen) atoms. The number of nitrogens with zero attached hydrogens (tertiary/aromatic N) is 2. The molecule has 0 saturated carbocycles. The molecule has 192 valence electrons. The molecular formula is C30H33N3O4. The van der Waals surface area contributed by atoms with Crippen LogP contribution in [0.2, 0.25) is 0 Å². The van der Waals surface area contributed by atoms with Crippen molar-refractivity contribution in [3.8, 4) is 11.1 Å². The Labute approximate surface area is 217 Å². The highest BCUT2D eigenvalue weighted by Gasteiger charge is 2.30. The van der Waals surface area contributed by atoms with Crippen molar-refractivity contribution < 1.29 is 19.1 Å². The van der Waals surface area contributed by atoms with Crippen molar-refractivity contribution in [2.75, 3.05) is 43.4 Å². The van der Waals surface area contributed by atoms with Gasteiger partial charge in [-0.2, -0.15) is 0 Å². The van der Waals surface area contributed by atoms with Crippen molar-refractivity contribution in [1.29, 1.82) is 0 Å². The predicted molar refractivity (Wildman–Crippen MR) is 145 cm³/mol. The number of anilines is 2. The number of amides is 1. The highest BCUT2D eigenvalue weighted by Crippen LogP contribution is 2.44. The second kappa shape index (κ2) is 9.81. The van der Waals surface area contributed by atoms with E-state index in [1.807, 2.05) is 51.1 Å². The molecule has 7 heteroatoms. The Hall–Kier alpha value is -4.00. The van der Waals surface area contributed by atoms with Gasteiger partial charge in [-0.3, -0.25) is 0 Å². The molecule has 3 aromatic carbocycles. The minimum absolute atomic E-state index is 0.0382. The zero-order valence-corrected chi connectivity index (χ0v) is 21.6. The summed E-state index contributed by atoms with van der Waals surface area (Å²) in [5.74, 6) is -0.366. The molecule has 2 aliphatic rings. The van der Waals surface area contributed by atoms with Gasteiger partial charge in [-0.1, -0.05) is 48.5 Å². The van der Waals surface area contributed by atoms with Gasteiger partial charge in [0.15, 0.2) is 0 Å². The minimum atomic E-state index is -0.587. The SMILES string of the molecule is CC(C)(C)OC(=O)c1cc(N)cc(N2CCN(C(=O)OCC3c4ccccc4-c4ccccc43)CC2)c1. The molecule has 0 spiro atoms. The Bertz CT molecular complexity index is 1280. The van der Waals surface area contributed by atoms with Gasteiger partial charge in [0.1, 0.15) is 12.2 Å². The Kier molecular flexibility index (Phi) is 6.54. The highest BCUT2D eigenvalue weighted by atomic mass is 16.6. The average molecular weight is 500 g/mol. The van der Waals surface area contributed by atoms with Crippen LogP contribution in [0.3, 0.4) is 0 Å². The molecule has 5 rings (SSSR count). The third kappa shape index (κ3) is 5.26. The molecule has 0 radical (unpaired) electrons. The number of nitrogen functional groups attached to an aromatic ring is 1. The summed E-state index contributed by atoms with van der Waals surface area (Å²) in [7, 11) is 0. The van der Waals surface area contributed by atoms with Gasteiger partial charge in [-0.15, -0.1) is 0 Å². The van der Waals surface area contributed by atoms with E-state index in [4.69, 9.17) is 15.2 Å². The molecule has 7 nitrogen and oxygen atoms in total. The van der Waals surface area contributed by atoms with Crippen molar-refractivity contribution in [1.82, 2.24) is 4.90 Å². The van der Waals surface area contributed by atoms with Gasteiger partial charge in [0.2, 0.25) is 0 Å². The molecule has 0 atom stereocenters. The molecule has 1 saturated heterocycles. The van der Waals surface area contributed by atoms with Crippen molar-refractivity contribution in [2.45, 2.75) is 32.3 Å². The largest absolute Gasteiger partial charge is 0.456 e. The number of ether oxygens (including phenoxy) is 2. The number of hydrogen-bond donors (Lipinski definition) is 1. The topological polar surface area (TPSA) is 85.1 Å². The Morgan fingerprint density at radius 1 is 0.892 bits per heavy atom. The van der Waals surface area contributed by atoms with Crippen LogP contribution < -0.4 is 10.6 Å². The highest BCUT2D eigenvalue weighted by molar-refractivity contribution is 5.92. The molecule has 1 heterocycles. The second-order valence-corrected chi connectivity index (χ2v) is 10.6. The normalized spacial score (nSPS) is 15.2. The first-order valence-electron chi connectivity index (χ1n) is 12.7. The number of esters is 1. The first kappa shape index (κ1) is 24.7. The van der Waals surface area contributed by atoms with E-state index in [1.54, 1.807) is 17.0 Å². The molecule has 1 amide bonds. The number of piperazine rings is 1. The Morgan fingerprint density at radius 2 is 1.49 bits per heavy atom. The fourth-order valence-corrected chi connectivity index (χ4v) is 5.10. The zero-order valence-electron chi connectivity index (χ0n) is 21.6. The quantitative estimate of drug-likeness (QED) is 0.388. The monoisotopic (exact) mass is 499 g/mol. The van der Waals surface area contributed by atoms with Crippen molar-refractivity contribution >= 4 is 23.4 Å². The smallest absolute Gasteiger partial charge is 0.409 e. The molecular weight excluding hydrogens is 466 g/mol. The Morgan fingerprint density at radius 3 is 2.08 bits per heavy atom. The maximum atomic E-state index is 13.0. The summed E-state index contributed by atoms with van der Waals surface area (Å²) in [4.78, 5) is 29.4. The summed E-state index contributed by atoms with van der Waals surface area (Å²) >= 11 is 0. The lowest BCUT2D eigenvalue weighted by atomic mass is 9.98. The number of fused-ring (bicyclic) bond motifs is 3. The van der Waals surface area contributed by atoms with E-state index in [9.17, 15) is 9.59 Å². The lowest BCUT2D eigenvalue weighted by Crippen LogP contribution is -2.49. The van der Waals surface area contributed by atoms with Gasteiger partial charge >= 0.3 is 12.1 Å². The van der Waals surface area contributed by atoms with Gasteiger partial charge < -0.3 is 25.0 Å². The molecule has 2 N–H and O–H groups in total. The van der Waals surface area contributed by atoms with Crippen LogP contribution >= 0.6 is 0 Å². The van der Waals surface area contributed by atoms with Crippen LogP contribution in [-0.2, 0) is 9.47 Å². The summed E-state index contributed by atoms with van der Waals surface area (Å²) in [6.45, 7) is 8.08. The molecule has 1 aliphatic heterocycles. The van der Waals surface area contributed by atoms with E-state index in [0.717, 1.165) is 5.69 Å². The van der Waals surface area contributed by atoms with Gasteiger partial charge in [0.25, 0.3) is 0 Å². The minimum Gasteiger partial charge on any atom is -0.456 e. The van der Waals surface area contributed by atoms with E-state index in [1.165, 1.54) is 22.3 Å². The summed E-state index contributed by atoms with van der Waals surface area (Å²) in [6.07, 6.45) is -0.302. The van der Waals surface area contributed by atoms with Crippen LogP contribution in [0.1, 0.15) is 48.2 Å². The number of carbonyl (C=O) groups is 2. The molecule has 0 bridgehead atoms. The lowest BCUT2D eigenvalue weighted by Gasteiger charge is -2.36. The summed E-state index contributed by atoms with van der Waals surface area (Å²) in [5.41, 5.74) is 12.1. The predicted octanol–water partition coefficient (Wildman–Crippen LogP) is 5.30. The van der Waals surface area contributed by atoms with Crippen molar-refractivity contribution in [3.63, 3.8) is 0 Å². The van der Waals surface area contributed by atoms with Gasteiger partial charge in [0.05, 0.1) is 5.56 Å². The Balaban J connectivity index is 1.20. The third-order valence-electron chi connectivity index (χ3n) is 6.81. The lowest BCUT2D eigenvalue weighted by molar-refractivity contribution is 0.00695. The number of benzene rings is 3. The molecule has 1 fully saturated rings. The summed E-state index contributed by atoms with van der Waals surface area (Å²) in [6, 6.07) is 21.9. The van der Waals surface area contributed by atoms with Crippen LogP contribution in [0, 0.1) is 0 Å². The van der Waals surface area contributed by atoms with Gasteiger partial charge in [-0.25, -0.2) is 9.59 Å². The van der Waals surface area contributed by atoms with E-state index in [2.05, 4.69) is 29.2 Å². The number of rotatable bonds is 4. The third-order valence-corrected chi connectivity index (χ3v) is 6.81. The van der Waals surface area contributed by atoms with E-state index in [-0.39, 0.29) is 12.0 Å². The van der Waals surface area contributed by atoms with Crippen LogP contribution in [0.5, 0.6) is 0 Å². The van der Waals surface area contributed by atoms with Crippen molar-refractivity contribution in [2.24, 2.45) is 0 Å². The van der Waals surface area contributed by atoms with E-state index in [0.29, 0.717) is 44.0 Å². The van der Waals surface area contributed by atoms with Crippen LogP contribution in [0.25, 0.3) is 11.1 Å². The van der Waals surface area contributed by atoms with Gasteiger partial charge in [0, 0.05) is 43.5 Å².